The average Bonchev–Trinajstić information content (AvgIpc) is 3.31. The number of amides is 1. The maximum Gasteiger partial charge on any atom is 0.255 e. The number of benzene rings is 2. The topological polar surface area (TPSA) is 92.3 Å². The van der Waals surface area contributed by atoms with E-state index >= 15 is 0 Å². The Hall–Kier alpha value is -4.01. The lowest BCUT2D eigenvalue weighted by atomic mass is 9.92. The van der Waals surface area contributed by atoms with Crippen LogP contribution < -0.4 is 11.1 Å². The first-order valence-electron chi connectivity index (χ1n) is 16.4. The van der Waals surface area contributed by atoms with Crippen molar-refractivity contribution in [3.63, 3.8) is 0 Å². The van der Waals surface area contributed by atoms with E-state index in [1.165, 1.54) is 34.2 Å². The highest BCUT2D eigenvalue weighted by Gasteiger charge is 2.60. The number of carbonyl (C=O) groups is 1. The fourth-order valence-corrected chi connectivity index (χ4v) is 7.76. The average molecular weight is 604 g/mol. The van der Waals surface area contributed by atoms with Crippen molar-refractivity contribution in [1.29, 1.82) is 0 Å². The zero-order valence-corrected chi connectivity index (χ0v) is 26.8. The summed E-state index contributed by atoms with van der Waals surface area (Å²) in [4.78, 5) is 22.8. The molecule has 8 nitrogen and oxygen atoms in total. The molecule has 1 aliphatic heterocycles. The summed E-state index contributed by atoms with van der Waals surface area (Å²) < 4.78 is 1.74. The van der Waals surface area contributed by atoms with Crippen LogP contribution in [-0.4, -0.2) is 69.7 Å². The third-order valence-corrected chi connectivity index (χ3v) is 10.7. The van der Waals surface area contributed by atoms with Gasteiger partial charge in [-0.2, -0.15) is 5.10 Å². The molecule has 0 radical (unpaired) electrons. The van der Waals surface area contributed by atoms with Crippen LogP contribution in [0.25, 0.3) is 22.3 Å². The number of anilines is 1. The Kier molecular flexibility index (Phi) is 7.96. The van der Waals surface area contributed by atoms with Crippen LogP contribution in [0.2, 0.25) is 0 Å². The molecule has 45 heavy (non-hydrogen) atoms. The number of piperazine rings is 1. The van der Waals surface area contributed by atoms with Gasteiger partial charge in [-0.25, -0.2) is 4.98 Å². The van der Waals surface area contributed by atoms with Crippen LogP contribution in [0.4, 0.5) is 5.82 Å². The van der Waals surface area contributed by atoms with Gasteiger partial charge in [-0.3, -0.25) is 14.4 Å². The summed E-state index contributed by atoms with van der Waals surface area (Å²) in [6, 6.07) is 18.1. The van der Waals surface area contributed by atoms with E-state index in [0.717, 1.165) is 69.5 Å². The molecule has 7 rings (SSSR count). The molecule has 1 spiro atoms. The smallest absolute Gasteiger partial charge is 0.255 e. The second-order valence-electron chi connectivity index (χ2n) is 13.7. The quantitative estimate of drug-likeness (QED) is 0.283. The van der Waals surface area contributed by atoms with Crippen LogP contribution in [0, 0.1) is 18.3 Å². The number of carbonyl (C=O) groups excluding carboxylic acids is 1. The van der Waals surface area contributed by atoms with Gasteiger partial charge in [-0.05, 0) is 84.9 Å². The second-order valence-corrected chi connectivity index (χ2v) is 13.7. The molecule has 3 aliphatic rings. The fourth-order valence-electron chi connectivity index (χ4n) is 7.76. The van der Waals surface area contributed by atoms with E-state index in [2.05, 4.69) is 81.6 Å². The Balaban J connectivity index is 0.975. The highest BCUT2D eigenvalue weighted by Crippen LogP contribution is 2.63. The number of nitrogen functional groups attached to an aromatic ring is 1. The lowest BCUT2D eigenvalue weighted by Crippen LogP contribution is -2.43. The monoisotopic (exact) mass is 603 g/mol. The summed E-state index contributed by atoms with van der Waals surface area (Å²) in [5, 5.41) is 7.62. The van der Waals surface area contributed by atoms with Gasteiger partial charge in [0.2, 0.25) is 0 Å². The number of rotatable bonds is 8. The largest absolute Gasteiger partial charge is 0.383 e. The number of aromatic nitrogens is 3. The van der Waals surface area contributed by atoms with Gasteiger partial charge >= 0.3 is 0 Å². The molecule has 234 valence electrons. The summed E-state index contributed by atoms with van der Waals surface area (Å²) in [7, 11) is 4.08. The van der Waals surface area contributed by atoms with E-state index in [-0.39, 0.29) is 23.2 Å². The third kappa shape index (κ3) is 6.14. The molecule has 2 aliphatic carbocycles. The molecule has 2 saturated carbocycles. The molecule has 2 unspecified atom stereocenters. The molecule has 2 aromatic carbocycles. The van der Waals surface area contributed by atoms with E-state index in [1.807, 2.05) is 19.3 Å². The van der Waals surface area contributed by atoms with Crippen molar-refractivity contribution < 1.29 is 4.79 Å². The molecule has 2 aromatic heterocycles. The van der Waals surface area contributed by atoms with E-state index < -0.39 is 0 Å². The van der Waals surface area contributed by atoms with Crippen molar-refractivity contribution in [1.82, 2.24) is 29.9 Å². The number of pyridine rings is 1. The molecule has 1 amide bonds. The Bertz CT molecular complexity index is 1690. The van der Waals surface area contributed by atoms with Crippen molar-refractivity contribution in [3.05, 3.63) is 89.4 Å². The summed E-state index contributed by atoms with van der Waals surface area (Å²) in [6.07, 6.45) is 10.9. The highest BCUT2D eigenvalue weighted by atomic mass is 16.1. The van der Waals surface area contributed by atoms with Crippen LogP contribution in [0.3, 0.4) is 0 Å². The van der Waals surface area contributed by atoms with E-state index in [1.54, 1.807) is 17.1 Å². The number of nitrogens with one attached hydrogen (secondary N) is 1. The van der Waals surface area contributed by atoms with Crippen LogP contribution in [0.1, 0.15) is 52.7 Å². The lowest BCUT2D eigenvalue weighted by molar-refractivity contribution is 0.0922. The van der Waals surface area contributed by atoms with Gasteiger partial charge in [0, 0.05) is 69.3 Å². The van der Waals surface area contributed by atoms with Crippen LogP contribution in [0.15, 0.2) is 67.1 Å². The second kappa shape index (κ2) is 12.1. The van der Waals surface area contributed by atoms with Crippen molar-refractivity contribution in [3.8, 4) is 22.3 Å². The van der Waals surface area contributed by atoms with Gasteiger partial charge in [0.1, 0.15) is 5.82 Å². The van der Waals surface area contributed by atoms with Gasteiger partial charge in [-0.15, -0.1) is 0 Å². The Morgan fingerprint density at radius 3 is 2.49 bits per heavy atom. The number of nitrogens with two attached hydrogens (primary N) is 1. The summed E-state index contributed by atoms with van der Waals surface area (Å²) in [5.74, 6) is 0.723. The summed E-state index contributed by atoms with van der Waals surface area (Å²) in [5.41, 5.74) is 15.3. The summed E-state index contributed by atoms with van der Waals surface area (Å²) >= 11 is 0. The number of hydrogen-bond acceptors (Lipinski definition) is 6. The minimum absolute atomic E-state index is 0.128. The molecule has 3 N–H and O–H groups in total. The molecule has 0 bridgehead atoms. The summed E-state index contributed by atoms with van der Waals surface area (Å²) in [6.45, 7) is 7.86. The fraction of sp³-hybridized carbons (Fsp3) is 0.432. The normalized spacial score (nSPS) is 23.4. The SMILES string of the molecule is Cc1cc(-c2ccc(CC3C[C@@]34CCCC4NC(=O)c3cc(-c4cnn(C)c4)cnc3N)cc2)ccc1CN1CCN(C)CC1. The van der Waals surface area contributed by atoms with E-state index in [4.69, 9.17) is 5.73 Å². The van der Waals surface area contributed by atoms with Gasteiger partial charge in [0.15, 0.2) is 0 Å². The van der Waals surface area contributed by atoms with E-state index in [0.29, 0.717) is 11.5 Å². The first-order chi connectivity index (χ1) is 21.8. The maximum atomic E-state index is 13.5. The first kappa shape index (κ1) is 29.7. The minimum atomic E-state index is -0.128. The maximum absolute atomic E-state index is 13.5. The lowest BCUT2D eigenvalue weighted by Gasteiger charge is -2.32. The van der Waals surface area contributed by atoms with Crippen LogP contribution in [-0.2, 0) is 20.0 Å². The molecule has 8 heteroatoms. The first-order valence-corrected chi connectivity index (χ1v) is 16.4. The predicted octanol–water partition coefficient (Wildman–Crippen LogP) is 5.32. The molecular weight excluding hydrogens is 558 g/mol. The van der Waals surface area contributed by atoms with Gasteiger partial charge < -0.3 is 16.0 Å². The predicted molar refractivity (Wildman–Crippen MR) is 180 cm³/mol. The zero-order valence-electron chi connectivity index (χ0n) is 26.8. The van der Waals surface area contributed by atoms with Crippen molar-refractivity contribution in [2.75, 3.05) is 39.0 Å². The van der Waals surface area contributed by atoms with Gasteiger partial charge in [0.25, 0.3) is 5.91 Å². The zero-order chi connectivity index (χ0) is 31.1. The minimum Gasteiger partial charge on any atom is -0.383 e. The molecule has 4 aromatic rings. The van der Waals surface area contributed by atoms with Gasteiger partial charge in [0.05, 0.1) is 11.8 Å². The van der Waals surface area contributed by atoms with Gasteiger partial charge in [-0.1, -0.05) is 48.9 Å². The Labute approximate surface area is 266 Å². The van der Waals surface area contributed by atoms with E-state index in [9.17, 15) is 4.79 Å². The van der Waals surface area contributed by atoms with Crippen LogP contribution >= 0.6 is 0 Å². The number of hydrogen-bond donors (Lipinski definition) is 2. The molecule has 3 atom stereocenters. The molecule has 3 fully saturated rings. The van der Waals surface area contributed by atoms with Crippen molar-refractivity contribution >= 4 is 11.7 Å². The number of aryl methyl sites for hydroxylation is 2. The van der Waals surface area contributed by atoms with Crippen molar-refractivity contribution in [2.45, 2.75) is 51.6 Å². The standard InChI is InChI=1S/C37H45N7O/c1-25-17-28(10-11-29(25)24-44-15-13-42(2)14-16-44)27-8-6-26(7-9-27)18-32-20-37(32)12-4-5-34(37)41-36(45)33-19-30(21-39-35(33)38)31-22-40-43(3)23-31/h6-11,17,19,21-23,32,34H,4-5,12-16,18,20,24H2,1-3H3,(H2,38,39)(H,41,45)/t32?,34?,37-/m0/s1. The molecular formula is C37H45N7O. The number of likely N-dealkylation sites (N-methyl/N-ethyl adjacent to an activating group) is 1. The van der Waals surface area contributed by atoms with Crippen LogP contribution in [0.5, 0.6) is 0 Å². The Morgan fingerprint density at radius 1 is 0.978 bits per heavy atom. The Morgan fingerprint density at radius 2 is 1.76 bits per heavy atom. The third-order valence-electron chi connectivity index (χ3n) is 10.7. The molecule has 1 saturated heterocycles. The highest BCUT2D eigenvalue weighted by molar-refractivity contribution is 5.99. The van der Waals surface area contributed by atoms with Crippen molar-refractivity contribution in [2.24, 2.45) is 18.4 Å². The number of nitrogens with zero attached hydrogens (tertiary/aromatic N) is 5. The molecule has 3 heterocycles.